The van der Waals surface area contributed by atoms with E-state index < -0.39 is 18.2 Å². The molecule has 0 aliphatic rings. The SMILES string of the molecule is C[C@@H](Nc1nc2ccccc2c2nc(-c3ccccc3OC(F)(F)F)nn12)C(=O)NCCN(C)C. The van der Waals surface area contributed by atoms with E-state index in [-0.39, 0.29) is 23.2 Å². The first kappa shape index (κ1) is 24.2. The Bertz CT molecular complexity index is 1350. The van der Waals surface area contributed by atoms with Crippen LogP contribution in [0.3, 0.4) is 0 Å². The quantitative estimate of drug-likeness (QED) is 0.394. The van der Waals surface area contributed by atoms with Crippen LogP contribution in [-0.2, 0) is 4.79 Å². The summed E-state index contributed by atoms with van der Waals surface area (Å²) in [5.74, 6) is -0.411. The number of benzene rings is 2. The van der Waals surface area contributed by atoms with E-state index in [1.54, 1.807) is 37.3 Å². The number of nitrogens with zero attached hydrogens (tertiary/aromatic N) is 5. The predicted molar refractivity (Wildman–Crippen MR) is 125 cm³/mol. The normalized spacial score (nSPS) is 12.8. The fourth-order valence-electron chi connectivity index (χ4n) is 3.44. The average molecular weight is 487 g/mol. The smallest absolute Gasteiger partial charge is 0.405 e. The number of amides is 1. The Balaban J connectivity index is 1.74. The van der Waals surface area contributed by atoms with Gasteiger partial charge in [0, 0.05) is 18.5 Å². The zero-order chi connectivity index (χ0) is 25.2. The number of nitrogens with one attached hydrogen (secondary N) is 2. The zero-order valence-electron chi connectivity index (χ0n) is 19.3. The largest absolute Gasteiger partial charge is 0.573 e. The van der Waals surface area contributed by atoms with Crippen LogP contribution in [0.15, 0.2) is 48.5 Å². The van der Waals surface area contributed by atoms with E-state index in [2.05, 4.69) is 30.4 Å². The van der Waals surface area contributed by atoms with Crippen molar-refractivity contribution in [3.8, 4) is 17.1 Å². The minimum atomic E-state index is -4.87. The number of rotatable bonds is 8. The number of fused-ring (bicyclic) bond motifs is 3. The average Bonchev–Trinajstić information content (AvgIpc) is 3.24. The molecule has 4 aromatic rings. The van der Waals surface area contributed by atoms with Crippen molar-refractivity contribution in [2.75, 3.05) is 32.5 Å². The molecule has 0 aliphatic heterocycles. The minimum Gasteiger partial charge on any atom is -0.405 e. The van der Waals surface area contributed by atoms with E-state index in [1.807, 2.05) is 19.0 Å². The highest BCUT2D eigenvalue weighted by atomic mass is 19.4. The molecule has 1 atom stereocenters. The number of carbonyl (C=O) groups excluding carboxylic acids is 1. The summed E-state index contributed by atoms with van der Waals surface area (Å²) in [6.07, 6.45) is -4.87. The summed E-state index contributed by atoms with van der Waals surface area (Å²) in [7, 11) is 3.81. The van der Waals surface area contributed by atoms with E-state index >= 15 is 0 Å². The van der Waals surface area contributed by atoms with Crippen LogP contribution in [0.1, 0.15) is 6.92 Å². The molecule has 2 heterocycles. The van der Waals surface area contributed by atoms with Crippen LogP contribution in [0.2, 0.25) is 0 Å². The zero-order valence-corrected chi connectivity index (χ0v) is 19.3. The van der Waals surface area contributed by atoms with E-state index in [9.17, 15) is 18.0 Å². The lowest BCUT2D eigenvalue weighted by Gasteiger charge is -2.16. The van der Waals surface area contributed by atoms with Gasteiger partial charge in [-0.2, -0.15) is 4.52 Å². The van der Waals surface area contributed by atoms with Crippen LogP contribution in [0.5, 0.6) is 5.75 Å². The number of halogens is 3. The van der Waals surface area contributed by atoms with Crippen molar-refractivity contribution in [3.63, 3.8) is 0 Å². The molecule has 0 unspecified atom stereocenters. The summed E-state index contributed by atoms with van der Waals surface area (Å²) < 4.78 is 44.4. The lowest BCUT2D eigenvalue weighted by atomic mass is 10.2. The van der Waals surface area contributed by atoms with Gasteiger partial charge in [0.25, 0.3) is 0 Å². The molecular weight excluding hydrogens is 463 g/mol. The van der Waals surface area contributed by atoms with Crippen molar-refractivity contribution in [2.24, 2.45) is 0 Å². The molecule has 12 heteroatoms. The Hall–Kier alpha value is -3.93. The van der Waals surface area contributed by atoms with Gasteiger partial charge in [-0.05, 0) is 45.3 Å². The Kier molecular flexibility index (Phi) is 6.74. The number of ether oxygens (including phenoxy) is 1. The fourth-order valence-corrected chi connectivity index (χ4v) is 3.44. The van der Waals surface area contributed by atoms with Gasteiger partial charge in [-0.1, -0.05) is 24.3 Å². The highest BCUT2D eigenvalue weighted by molar-refractivity contribution is 5.93. The lowest BCUT2D eigenvalue weighted by Crippen LogP contribution is -2.40. The number of carbonyl (C=O) groups is 1. The summed E-state index contributed by atoms with van der Waals surface area (Å²) >= 11 is 0. The molecule has 2 aromatic heterocycles. The first-order valence-corrected chi connectivity index (χ1v) is 10.8. The Labute approximate surface area is 198 Å². The van der Waals surface area contributed by atoms with Crippen LogP contribution in [-0.4, -0.2) is 70.0 Å². The van der Waals surface area contributed by atoms with Gasteiger partial charge in [-0.3, -0.25) is 4.79 Å². The third-order valence-electron chi connectivity index (χ3n) is 5.13. The van der Waals surface area contributed by atoms with Gasteiger partial charge in [-0.15, -0.1) is 18.3 Å². The summed E-state index contributed by atoms with van der Waals surface area (Å²) in [6, 6.07) is 12.1. The highest BCUT2D eigenvalue weighted by Gasteiger charge is 2.32. The van der Waals surface area contributed by atoms with Crippen LogP contribution in [0.4, 0.5) is 19.1 Å². The molecule has 9 nitrogen and oxygen atoms in total. The maximum atomic E-state index is 12.9. The Morgan fingerprint density at radius 1 is 1.11 bits per heavy atom. The van der Waals surface area contributed by atoms with Crippen molar-refractivity contribution >= 4 is 28.4 Å². The number of aromatic nitrogens is 4. The van der Waals surface area contributed by atoms with Gasteiger partial charge in [0.05, 0.1) is 11.1 Å². The molecule has 0 saturated heterocycles. The van der Waals surface area contributed by atoms with Crippen molar-refractivity contribution in [1.82, 2.24) is 29.8 Å². The van der Waals surface area contributed by atoms with E-state index in [0.717, 1.165) is 0 Å². The van der Waals surface area contributed by atoms with E-state index in [4.69, 9.17) is 0 Å². The number of para-hydroxylation sites is 2. The second-order valence-electron chi connectivity index (χ2n) is 8.13. The van der Waals surface area contributed by atoms with Crippen molar-refractivity contribution in [1.29, 1.82) is 0 Å². The second-order valence-corrected chi connectivity index (χ2v) is 8.13. The third-order valence-corrected chi connectivity index (χ3v) is 5.13. The molecule has 0 aliphatic carbocycles. The van der Waals surface area contributed by atoms with Crippen LogP contribution >= 0.6 is 0 Å². The highest BCUT2D eigenvalue weighted by Crippen LogP contribution is 2.33. The Morgan fingerprint density at radius 3 is 2.57 bits per heavy atom. The number of anilines is 1. The van der Waals surface area contributed by atoms with Crippen LogP contribution in [0.25, 0.3) is 27.9 Å². The summed E-state index contributed by atoms with van der Waals surface area (Å²) in [5.41, 5.74) is 1.02. The molecule has 2 aromatic carbocycles. The monoisotopic (exact) mass is 487 g/mol. The number of alkyl halides is 3. The molecule has 4 rings (SSSR count). The van der Waals surface area contributed by atoms with Gasteiger partial charge < -0.3 is 20.3 Å². The molecule has 2 N–H and O–H groups in total. The summed E-state index contributed by atoms with van der Waals surface area (Å²) in [4.78, 5) is 23.6. The maximum absolute atomic E-state index is 12.9. The number of hydrogen-bond acceptors (Lipinski definition) is 7. The maximum Gasteiger partial charge on any atom is 0.573 e. The molecule has 35 heavy (non-hydrogen) atoms. The van der Waals surface area contributed by atoms with Gasteiger partial charge in [0.1, 0.15) is 11.8 Å². The Morgan fingerprint density at radius 2 is 1.83 bits per heavy atom. The lowest BCUT2D eigenvalue weighted by molar-refractivity contribution is -0.274. The number of likely N-dealkylation sites (N-methyl/N-ethyl adjacent to an activating group) is 1. The fraction of sp³-hybridized carbons (Fsp3) is 0.304. The predicted octanol–water partition coefficient (Wildman–Crippen LogP) is 3.32. The molecule has 0 fully saturated rings. The third kappa shape index (κ3) is 5.60. The number of hydrogen-bond donors (Lipinski definition) is 2. The van der Waals surface area contributed by atoms with Crippen molar-refractivity contribution in [2.45, 2.75) is 19.3 Å². The topological polar surface area (TPSA) is 96.7 Å². The van der Waals surface area contributed by atoms with E-state index in [0.29, 0.717) is 29.6 Å². The van der Waals surface area contributed by atoms with Crippen molar-refractivity contribution < 1.29 is 22.7 Å². The van der Waals surface area contributed by atoms with E-state index in [1.165, 1.54) is 22.7 Å². The van der Waals surface area contributed by atoms with Gasteiger partial charge in [-0.25, -0.2) is 9.97 Å². The summed E-state index contributed by atoms with van der Waals surface area (Å²) in [6.45, 7) is 2.84. The first-order valence-electron chi connectivity index (χ1n) is 10.8. The molecule has 0 saturated carbocycles. The molecular formula is C23H24F3N7O2. The molecule has 0 radical (unpaired) electrons. The first-order chi connectivity index (χ1) is 16.6. The van der Waals surface area contributed by atoms with Crippen LogP contribution < -0.4 is 15.4 Å². The standard InChI is InChI=1S/C23H24F3N7O2/c1-14(21(34)27-12-13-32(2)3)28-22-29-17-10-6-4-8-15(17)20-30-19(31-33(20)22)16-9-5-7-11-18(16)35-23(24,25)26/h4-11,14H,12-13H2,1-3H3,(H,27,34)(H,28,29)/t14-/m1/s1. The van der Waals surface area contributed by atoms with Gasteiger partial charge in [0.2, 0.25) is 11.9 Å². The molecule has 1 amide bonds. The van der Waals surface area contributed by atoms with Crippen LogP contribution in [0, 0.1) is 0 Å². The van der Waals surface area contributed by atoms with Gasteiger partial charge in [0.15, 0.2) is 11.5 Å². The second kappa shape index (κ2) is 9.74. The molecule has 184 valence electrons. The van der Waals surface area contributed by atoms with Crippen molar-refractivity contribution in [3.05, 3.63) is 48.5 Å². The molecule has 0 spiro atoms. The minimum absolute atomic E-state index is 0.0224. The van der Waals surface area contributed by atoms with Gasteiger partial charge >= 0.3 is 6.36 Å². The molecule has 0 bridgehead atoms. The summed E-state index contributed by atoms with van der Waals surface area (Å²) in [5, 5.41) is 10.9.